The molecular formula is C9H19NO. The smallest absolute Gasteiger partial charge is 0.0679 e. The van der Waals surface area contributed by atoms with E-state index < -0.39 is 0 Å². The first kappa shape index (κ1) is 9.01. The van der Waals surface area contributed by atoms with Crippen molar-refractivity contribution in [3.05, 3.63) is 0 Å². The first-order valence-electron chi connectivity index (χ1n) is 4.53. The number of aliphatic hydroxyl groups is 1. The maximum absolute atomic E-state index is 9.29. The van der Waals surface area contributed by atoms with Crippen molar-refractivity contribution in [3.63, 3.8) is 0 Å². The molecule has 1 fully saturated rings. The predicted octanol–water partition coefficient (Wildman–Crippen LogP) is 1.10. The summed E-state index contributed by atoms with van der Waals surface area (Å²) in [5.74, 6) is 0.695. The van der Waals surface area contributed by atoms with Crippen LogP contribution in [-0.2, 0) is 0 Å². The van der Waals surface area contributed by atoms with E-state index in [4.69, 9.17) is 0 Å². The van der Waals surface area contributed by atoms with Gasteiger partial charge in [0.2, 0.25) is 0 Å². The Morgan fingerprint density at radius 3 is 2.36 bits per heavy atom. The average molecular weight is 157 g/mol. The summed E-state index contributed by atoms with van der Waals surface area (Å²) in [6.07, 6.45) is 0.882. The van der Waals surface area contributed by atoms with Crippen molar-refractivity contribution < 1.29 is 5.11 Å². The summed E-state index contributed by atoms with van der Waals surface area (Å²) in [7, 11) is 0. The van der Waals surface area contributed by atoms with Crippen LogP contribution in [0.2, 0.25) is 0 Å². The minimum absolute atomic E-state index is 0.0730. The van der Waals surface area contributed by atoms with Gasteiger partial charge in [-0.1, -0.05) is 13.8 Å². The third kappa shape index (κ3) is 2.17. The molecule has 1 aliphatic rings. The first-order chi connectivity index (χ1) is 5.11. The van der Waals surface area contributed by atoms with E-state index in [1.165, 1.54) is 0 Å². The van der Waals surface area contributed by atoms with E-state index in [2.05, 4.69) is 25.7 Å². The number of hydrogen-bond donors (Lipinski definition) is 1. The van der Waals surface area contributed by atoms with Crippen LogP contribution in [0.25, 0.3) is 0 Å². The molecule has 2 nitrogen and oxygen atoms in total. The van der Waals surface area contributed by atoms with E-state index in [1.54, 1.807) is 0 Å². The van der Waals surface area contributed by atoms with Gasteiger partial charge in [-0.15, -0.1) is 0 Å². The Kier molecular flexibility index (Phi) is 2.90. The molecule has 0 spiro atoms. The van der Waals surface area contributed by atoms with Gasteiger partial charge in [0.05, 0.1) is 6.10 Å². The maximum atomic E-state index is 9.29. The number of rotatable bonds is 2. The van der Waals surface area contributed by atoms with Crippen molar-refractivity contribution in [3.8, 4) is 0 Å². The highest BCUT2D eigenvalue weighted by Crippen LogP contribution is 2.17. The summed E-state index contributed by atoms with van der Waals surface area (Å²) in [5.41, 5.74) is 0. The van der Waals surface area contributed by atoms with Gasteiger partial charge in [0, 0.05) is 19.1 Å². The van der Waals surface area contributed by atoms with Crippen molar-refractivity contribution in [2.45, 2.75) is 39.3 Å². The molecule has 2 heteroatoms. The Morgan fingerprint density at radius 2 is 2.00 bits per heavy atom. The van der Waals surface area contributed by atoms with Crippen LogP contribution in [0.5, 0.6) is 0 Å². The lowest BCUT2D eigenvalue weighted by Gasteiger charge is -2.26. The fourth-order valence-electron chi connectivity index (χ4n) is 1.56. The molecule has 2 atom stereocenters. The second kappa shape index (κ2) is 3.55. The number of β-amino-alcohol motifs (C(OH)–C–C–N with tert-alkyl or cyclic N) is 1. The average Bonchev–Trinajstić information content (AvgIpc) is 2.34. The Bertz CT molecular complexity index is 125. The molecule has 1 heterocycles. The summed E-state index contributed by atoms with van der Waals surface area (Å²) in [6, 6.07) is 0.618. The highest BCUT2D eigenvalue weighted by atomic mass is 16.3. The number of aliphatic hydroxyl groups excluding tert-OH is 1. The quantitative estimate of drug-likeness (QED) is 0.649. The van der Waals surface area contributed by atoms with Crippen LogP contribution < -0.4 is 0 Å². The van der Waals surface area contributed by atoms with Gasteiger partial charge in [0.15, 0.2) is 0 Å². The molecule has 0 amide bonds. The van der Waals surface area contributed by atoms with Gasteiger partial charge in [-0.3, -0.25) is 4.90 Å². The zero-order valence-electron chi connectivity index (χ0n) is 7.75. The van der Waals surface area contributed by atoms with Crippen molar-refractivity contribution in [1.29, 1.82) is 0 Å². The second-order valence-electron chi connectivity index (χ2n) is 3.92. The van der Waals surface area contributed by atoms with Crippen molar-refractivity contribution in [2.24, 2.45) is 5.92 Å². The van der Waals surface area contributed by atoms with Gasteiger partial charge in [0.25, 0.3) is 0 Å². The SMILES string of the molecule is CC(C)[C@@H](C)N1CC[C@@H](O)C1. The zero-order chi connectivity index (χ0) is 8.43. The molecular weight excluding hydrogens is 138 g/mol. The Morgan fingerprint density at radius 1 is 1.36 bits per heavy atom. The summed E-state index contributed by atoms with van der Waals surface area (Å²) in [4.78, 5) is 2.37. The van der Waals surface area contributed by atoms with Crippen molar-refractivity contribution >= 4 is 0 Å². The van der Waals surface area contributed by atoms with Crippen LogP contribution >= 0.6 is 0 Å². The lowest BCUT2D eigenvalue weighted by molar-refractivity contribution is 0.148. The lowest BCUT2D eigenvalue weighted by Crippen LogP contribution is -2.35. The van der Waals surface area contributed by atoms with Gasteiger partial charge in [0.1, 0.15) is 0 Å². The number of hydrogen-bond acceptors (Lipinski definition) is 2. The van der Waals surface area contributed by atoms with Crippen molar-refractivity contribution in [2.75, 3.05) is 13.1 Å². The molecule has 66 valence electrons. The van der Waals surface area contributed by atoms with Crippen LogP contribution in [-0.4, -0.2) is 35.2 Å². The molecule has 11 heavy (non-hydrogen) atoms. The van der Waals surface area contributed by atoms with Gasteiger partial charge >= 0.3 is 0 Å². The maximum Gasteiger partial charge on any atom is 0.0679 e. The molecule has 0 unspecified atom stereocenters. The third-order valence-electron chi connectivity index (χ3n) is 2.74. The second-order valence-corrected chi connectivity index (χ2v) is 3.92. The lowest BCUT2D eigenvalue weighted by atomic mass is 10.1. The van der Waals surface area contributed by atoms with Crippen LogP contribution in [0, 0.1) is 5.92 Å². The summed E-state index contributed by atoms with van der Waals surface area (Å²) >= 11 is 0. The van der Waals surface area contributed by atoms with Gasteiger partial charge < -0.3 is 5.11 Å². The van der Waals surface area contributed by atoms with Crippen LogP contribution in [0.4, 0.5) is 0 Å². The van der Waals surface area contributed by atoms with Crippen LogP contribution in [0.1, 0.15) is 27.2 Å². The summed E-state index contributed by atoms with van der Waals surface area (Å²) < 4.78 is 0. The fraction of sp³-hybridized carbons (Fsp3) is 1.00. The van der Waals surface area contributed by atoms with E-state index in [0.29, 0.717) is 12.0 Å². The molecule has 1 N–H and O–H groups in total. The molecule has 1 rings (SSSR count). The third-order valence-corrected chi connectivity index (χ3v) is 2.74. The highest BCUT2D eigenvalue weighted by molar-refractivity contribution is 4.79. The molecule has 1 saturated heterocycles. The zero-order valence-corrected chi connectivity index (χ0v) is 7.75. The van der Waals surface area contributed by atoms with Crippen molar-refractivity contribution in [1.82, 2.24) is 4.90 Å². The van der Waals surface area contributed by atoms with Gasteiger partial charge in [-0.2, -0.15) is 0 Å². The van der Waals surface area contributed by atoms with E-state index in [1.807, 2.05) is 0 Å². The van der Waals surface area contributed by atoms with Crippen LogP contribution in [0.3, 0.4) is 0 Å². The topological polar surface area (TPSA) is 23.5 Å². The molecule has 0 aromatic rings. The van der Waals surface area contributed by atoms with E-state index in [0.717, 1.165) is 19.5 Å². The Balaban J connectivity index is 2.36. The molecule has 0 saturated carbocycles. The van der Waals surface area contributed by atoms with E-state index in [9.17, 15) is 5.11 Å². The molecule has 0 bridgehead atoms. The van der Waals surface area contributed by atoms with Gasteiger partial charge in [-0.05, 0) is 19.3 Å². The Labute approximate surface area is 69.2 Å². The van der Waals surface area contributed by atoms with Gasteiger partial charge in [-0.25, -0.2) is 0 Å². The number of nitrogens with zero attached hydrogens (tertiary/aromatic N) is 1. The Hall–Kier alpha value is -0.0800. The molecule has 0 aromatic heterocycles. The minimum atomic E-state index is -0.0730. The number of likely N-dealkylation sites (tertiary alicyclic amines) is 1. The standard InChI is InChI=1S/C9H19NO/c1-7(2)8(3)10-5-4-9(11)6-10/h7-9,11H,4-6H2,1-3H3/t8-,9-/m1/s1. The first-order valence-corrected chi connectivity index (χ1v) is 4.53. The molecule has 0 aromatic carbocycles. The van der Waals surface area contributed by atoms with Crippen LogP contribution in [0.15, 0.2) is 0 Å². The molecule has 0 radical (unpaired) electrons. The minimum Gasteiger partial charge on any atom is -0.392 e. The van der Waals surface area contributed by atoms with E-state index >= 15 is 0 Å². The largest absolute Gasteiger partial charge is 0.392 e. The monoisotopic (exact) mass is 157 g/mol. The normalized spacial score (nSPS) is 29.7. The summed E-state index contributed by atoms with van der Waals surface area (Å²) in [6.45, 7) is 8.65. The highest BCUT2D eigenvalue weighted by Gasteiger charge is 2.25. The summed E-state index contributed by atoms with van der Waals surface area (Å²) in [5, 5.41) is 9.29. The fourth-order valence-corrected chi connectivity index (χ4v) is 1.56. The van der Waals surface area contributed by atoms with E-state index in [-0.39, 0.29) is 6.10 Å². The predicted molar refractivity (Wildman–Crippen MR) is 46.5 cm³/mol. The molecule has 0 aliphatic carbocycles. The molecule has 1 aliphatic heterocycles.